The molecule has 0 unspecified atom stereocenters. The number of benzene rings is 1. The normalized spacial score (nSPS) is 10.6. The summed E-state index contributed by atoms with van der Waals surface area (Å²) in [5.41, 5.74) is 1.33. The lowest BCUT2D eigenvalue weighted by molar-refractivity contribution is -0.116. The topological polar surface area (TPSA) is 93.1 Å². The quantitative estimate of drug-likeness (QED) is 0.421. The first kappa shape index (κ1) is 23.2. The fourth-order valence-electron chi connectivity index (χ4n) is 2.91. The predicted octanol–water partition coefficient (Wildman–Crippen LogP) is 4.66. The van der Waals surface area contributed by atoms with Crippen LogP contribution in [0, 0.1) is 10.6 Å². The van der Waals surface area contributed by atoms with Crippen molar-refractivity contribution in [3.63, 3.8) is 0 Å². The van der Waals surface area contributed by atoms with Crippen molar-refractivity contribution >= 4 is 69.1 Å². The first-order chi connectivity index (χ1) is 14.7. The third-order valence-electron chi connectivity index (χ3n) is 4.30. The molecular formula is C21H17Cl2IN4O3. The van der Waals surface area contributed by atoms with E-state index in [-0.39, 0.29) is 23.6 Å². The molecule has 1 aromatic carbocycles. The highest BCUT2D eigenvalue weighted by molar-refractivity contribution is 14.1. The van der Waals surface area contributed by atoms with Gasteiger partial charge < -0.3 is 10.6 Å². The zero-order valence-corrected chi connectivity index (χ0v) is 20.2. The average molecular weight is 571 g/mol. The Morgan fingerprint density at radius 2 is 1.87 bits per heavy atom. The van der Waals surface area contributed by atoms with Gasteiger partial charge in [-0.1, -0.05) is 23.2 Å². The highest BCUT2D eigenvalue weighted by Gasteiger charge is 2.22. The highest BCUT2D eigenvalue weighted by Crippen LogP contribution is 2.28. The third-order valence-corrected chi connectivity index (χ3v) is 5.65. The molecule has 0 saturated carbocycles. The Morgan fingerprint density at radius 1 is 1.13 bits per heavy atom. The van der Waals surface area contributed by atoms with Crippen molar-refractivity contribution in [2.45, 2.75) is 13.8 Å². The number of aryl methyl sites for hydroxylation is 1. The molecule has 0 atom stereocenters. The highest BCUT2D eigenvalue weighted by atomic mass is 127. The molecule has 3 rings (SSSR count). The Balaban J connectivity index is 2.00. The number of ketones is 1. The van der Waals surface area contributed by atoms with Gasteiger partial charge in [0.1, 0.15) is 11.5 Å². The lowest BCUT2D eigenvalue weighted by Crippen LogP contribution is -2.30. The number of hydrogen-bond acceptors (Lipinski definition) is 4. The summed E-state index contributed by atoms with van der Waals surface area (Å²) in [6.45, 7) is 2.96. The van der Waals surface area contributed by atoms with Gasteiger partial charge in [-0.05, 0) is 78.4 Å². The van der Waals surface area contributed by atoms with Crippen molar-refractivity contribution < 1.29 is 14.4 Å². The minimum atomic E-state index is -0.520. The van der Waals surface area contributed by atoms with E-state index in [2.05, 4.69) is 38.2 Å². The molecule has 2 amide bonds. The van der Waals surface area contributed by atoms with Gasteiger partial charge in [-0.15, -0.1) is 0 Å². The molecule has 0 radical (unpaired) electrons. The fraction of sp³-hybridized carbons (Fsp3) is 0.143. The molecule has 0 spiro atoms. The standard InChI is InChI=1S/C21H17Cl2IN4O3/c1-11-8-13(22)9-14(20(30)26-10-12(2)29)18(11)27-21(31)16-5-6-17(24)28(16)19-15(23)4-3-7-25-19/h3-9H,10H2,1-2H3,(H,26,30)(H,27,31). The lowest BCUT2D eigenvalue weighted by atomic mass is 10.1. The SMILES string of the molecule is CC(=O)CNC(=O)c1cc(Cl)cc(C)c1NC(=O)c1ccc(I)n1-c1ncccc1Cl. The van der Waals surface area contributed by atoms with Gasteiger partial charge in [0.15, 0.2) is 5.82 Å². The Hall–Kier alpha value is -2.43. The Labute approximate surface area is 202 Å². The number of rotatable bonds is 6. The van der Waals surface area contributed by atoms with Crippen molar-refractivity contribution in [3.8, 4) is 5.82 Å². The van der Waals surface area contributed by atoms with Gasteiger partial charge in [0, 0.05) is 11.2 Å². The molecule has 0 bridgehead atoms. The van der Waals surface area contributed by atoms with Crippen LogP contribution in [0.15, 0.2) is 42.6 Å². The number of pyridine rings is 1. The van der Waals surface area contributed by atoms with E-state index in [0.29, 0.717) is 27.1 Å². The van der Waals surface area contributed by atoms with Crippen LogP contribution in [0.4, 0.5) is 5.69 Å². The lowest BCUT2D eigenvalue weighted by Gasteiger charge is -2.16. The summed E-state index contributed by atoms with van der Waals surface area (Å²) in [5.74, 6) is -0.766. The van der Waals surface area contributed by atoms with E-state index in [1.807, 2.05) is 0 Å². The molecule has 10 heteroatoms. The number of carbonyl (C=O) groups is 3. The van der Waals surface area contributed by atoms with Gasteiger partial charge in [-0.25, -0.2) is 4.98 Å². The van der Waals surface area contributed by atoms with Crippen molar-refractivity contribution in [2.24, 2.45) is 0 Å². The molecule has 160 valence electrons. The van der Waals surface area contributed by atoms with Crippen molar-refractivity contribution in [1.82, 2.24) is 14.9 Å². The number of nitrogens with one attached hydrogen (secondary N) is 2. The van der Waals surface area contributed by atoms with Crippen LogP contribution in [0.5, 0.6) is 0 Å². The maximum Gasteiger partial charge on any atom is 0.272 e. The maximum atomic E-state index is 13.2. The summed E-state index contributed by atoms with van der Waals surface area (Å²) >= 11 is 14.5. The van der Waals surface area contributed by atoms with E-state index in [4.69, 9.17) is 23.2 Å². The summed E-state index contributed by atoms with van der Waals surface area (Å²) in [5, 5.41) is 6.04. The van der Waals surface area contributed by atoms with Gasteiger partial charge in [0.2, 0.25) is 0 Å². The number of anilines is 1. The summed E-state index contributed by atoms with van der Waals surface area (Å²) in [6, 6.07) is 9.86. The van der Waals surface area contributed by atoms with Crippen LogP contribution in [0.1, 0.15) is 33.3 Å². The van der Waals surface area contributed by atoms with E-state index in [9.17, 15) is 14.4 Å². The first-order valence-electron chi connectivity index (χ1n) is 9.06. The summed E-state index contributed by atoms with van der Waals surface area (Å²) < 4.78 is 2.36. The number of Topliss-reactive ketones (excluding diaryl/α,β-unsaturated/α-hetero) is 1. The van der Waals surface area contributed by atoms with Crippen LogP contribution in [-0.2, 0) is 4.79 Å². The molecule has 0 aliphatic heterocycles. The molecule has 0 saturated heterocycles. The molecule has 2 heterocycles. The molecule has 7 nitrogen and oxygen atoms in total. The minimum absolute atomic E-state index is 0.128. The molecule has 0 aliphatic carbocycles. The van der Waals surface area contributed by atoms with E-state index in [1.165, 1.54) is 13.0 Å². The Kier molecular flexibility index (Phi) is 7.34. The number of aromatic nitrogens is 2. The van der Waals surface area contributed by atoms with Crippen molar-refractivity contribution in [1.29, 1.82) is 0 Å². The van der Waals surface area contributed by atoms with E-state index >= 15 is 0 Å². The minimum Gasteiger partial charge on any atom is -0.345 e. The summed E-state index contributed by atoms with van der Waals surface area (Å²) in [4.78, 5) is 41.3. The van der Waals surface area contributed by atoms with Crippen molar-refractivity contribution in [2.75, 3.05) is 11.9 Å². The molecule has 0 fully saturated rings. The van der Waals surface area contributed by atoms with Crippen LogP contribution in [0.25, 0.3) is 5.82 Å². The second-order valence-electron chi connectivity index (χ2n) is 6.67. The number of nitrogens with zero attached hydrogens (tertiary/aromatic N) is 2. The van der Waals surface area contributed by atoms with Gasteiger partial charge in [0.05, 0.1) is 26.5 Å². The van der Waals surface area contributed by atoms with Crippen LogP contribution in [0.2, 0.25) is 10.0 Å². The van der Waals surface area contributed by atoms with Crippen molar-refractivity contribution in [3.05, 3.63) is 73.2 Å². The monoisotopic (exact) mass is 570 g/mol. The van der Waals surface area contributed by atoms with Crippen LogP contribution >= 0.6 is 45.8 Å². The number of amides is 2. The third kappa shape index (κ3) is 5.25. The molecule has 2 aromatic heterocycles. The molecule has 31 heavy (non-hydrogen) atoms. The molecule has 3 aromatic rings. The van der Waals surface area contributed by atoms with Gasteiger partial charge in [0.25, 0.3) is 11.8 Å². The Morgan fingerprint density at radius 3 is 2.55 bits per heavy atom. The van der Waals surface area contributed by atoms with E-state index in [1.54, 1.807) is 48.0 Å². The van der Waals surface area contributed by atoms with Gasteiger partial charge in [-0.2, -0.15) is 0 Å². The average Bonchev–Trinajstić information content (AvgIpc) is 3.09. The predicted molar refractivity (Wildman–Crippen MR) is 128 cm³/mol. The largest absolute Gasteiger partial charge is 0.345 e. The number of halogens is 3. The van der Waals surface area contributed by atoms with Crippen LogP contribution < -0.4 is 10.6 Å². The summed E-state index contributed by atoms with van der Waals surface area (Å²) in [7, 11) is 0. The van der Waals surface area contributed by atoms with Crippen LogP contribution in [-0.4, -0.2) is 33.7 Å². The zero-order valence-electron chi connectivity index (χ0n) is 16.5. The smallest absolute Gasteiger partial charge is 0.272 e. The summed E-state index contributed by atoms with van der Waals surface area (Å²) in [6.07, 6.45) is 1.58. The van der Waals surface area contributed by atoms with E-state index < -0.39 is 11.8 Å². The molecule has 0 aliphatic rings. The number of hydrogen-bond donors (Lipinski definition) is 2. The zero-order chi connectivity index (χ0) is 22.7. The Bertz CT molecular complexity index is 1190. The first-order valence-corrected chi connectivity index (χ1v) is 10.9. The fourth-order valence-corrected chi connectivity index (χ4v) is 4.06. The second-order valence-corrected chi connectivity index (χ2v) is 8.62. The van der Waals surface area contributed by atoms with Gasteiger partial charge in [-0.3, -0.25) is 19.0 Å². The molecular weight excluding hydrogens is 554 g/mol. The van der Waals surface area contributed by atoms with Gasteiger partial charge >= 0.3 is 0 Å². The van der Waals surface area contributed by atoms with Crippen LogP contribution in [0.3, 0.4) is 0 Å². The number of carbonyl (C=O) groups excluding carboxylic acids is 3. The molecule has 2 N–H and O–H groups in total. The maximum absolute atomic E-state index is 13.2. The van der Waals surface area contributed by atoms with E-state index in [0.717, 1.165) is 3.70 Å². The second kappa shape index (κ2) is 9.80.